The predicted molar refractivity (Wildman–Crippen MR) is 120 cm³/mol. The summed E-state index contributed by atoms with van der Waals surface area (Å²) < 4.78 is 6.44. The molecule has 5 atom stereocenters. The lowest BCUT2D eigenvalue weighted by Gasteiger charge is -2.37. The molecule has 6 heteroatoms. The summed E-state index contributed by atoms with van der Waals surface area (Å²) in [6.07, 6.45) is 12.5. The van der Waals surface area contributed by atoms with Gasteiger partial charge in [0.25, 0.3) is 0 Å². The Kier molecular flexibility index (Phi) is 7.51. The van der Waals surface area contributed by atoms with E-state index in [-0.39, 0.29) is 18.6 Å². The van der Waals surface area contributed by atoms with Gasteiger partial charge in [-0.3, -0.25) is 4.84 Å². The van der Waals surface area contributed by atoms with Gasteiger partial charge in [-0.1, -0.05) is 40.0 Å². The van der Waals surface area contributed by atoms with Crippen molar-refractivity contribution in [3.8, 4) is 0 Å². The fourth-order valence-corrected chi connectivity index (χ4v) is 7.19. The Morgan fingerprint density at radius 2 is 1.66 bits per heavy atom. The fourth-order valence-electron chi connectivity index (χ4n) is 5.98. The average Bonchev–Trinajstić information content (AvgIpc) is 3.33. The van der Waals surface area contributed by atoms with Crippen LogP contribution in [0.1, 0.15) is 85.5 Å². The van der Waals surface area contributed by atoms with Gasteiger partial charge in [0.1, 0.15) is 12.5 Å². The summed E-state index contributed by atoms with van der Waals surface area (Å²) in [6.45, 7) is 9.38. The number of hydroxylamine groups is 1. The number of hydrogen-bond acceptors (Lipinski definition) is 6. The Bertz CT molecular complexity index is 515. The highest BCUT2D eigenvalue weighted by Gasteiger charge is 2.47. The largest absolute Gasteiger partial charge is 0.341 e. The van der Waals surface area contributed by atoms with E-state index in [4.69, 9.17) is 9.57 Å². The molecule has 0 spiro atoms. The molecule has 2 aliphatic heterocycles. The van der Waals surface area contributed by atoms with E-state index in [1.807, 2.05) is 0 Å². The first-order chi connectivity index (χ1) is 13.9. The second-order valence-corrected chi connectivity index (χ2v) is 12.3. The lowest BCUT2D eigenvalue weighted by molar-refractivity contribution is -0.0228. The minimum atomic E-state index is 0.0363. The van der Waals surface area contributed by atoms with E-state index in [1.54, 1.807) is 0 Å². The highest BCUT2D eigenvalue weighted by molar-refractivity contribution is 7.99. The van der Waals surface area contributed by atoms with Crippen LogP contribution in [0.3, 0.4) is 0 Å². The molecular formula is C23H43N3O2S. The van der Waals surface area contributed by atoms with Gasteiger partial charge in [-0.15, -0.1) is 0 Å². The van der Waals surface area contributed by atoms with Gasteiger partial charge in [0.15, 0.2) is 0 Å². The summed E-state index contributed by atoms with van der Waals surface area (Å²) in [7, 11) is 0. The molecule has 4 rings (SSSR count). The molecule has 0 aromatic heterocycles. The minimum Gasteiger partial charge on any atom is -0.341 e. The third-order valence-corrected chi connectivity index (χ3v) is 9.37. The predicted octanol–water partition coefficient (Wildman–Crippen LogP) is 4.59. The third-order valence-electron chi connectivity index (χ3n) is 7.93. The topological polar surface area (TPSA) is 54.5 Å². The van der Waals surface area contributed by atoms with Crippen molar-refractivity contribution in [2.75, 3.05) is 5.75 Å². The van der Waals surface area contributed by atoms with Crippen molar-refractivity contribution in [2.45, 2.75) is 115 Å². The van der Waals surface area contributed by atoms with E-state index in [0.29, 0.717) is 17.4 Å². The molecule has 5 unspecified atom stereocenters. The van der Waals surface area contributed by atoms with Crippen LogP contribution in [0.4, 0.5) is 0 Å². The average molecular weight is 426 g/mol. The molecule has 2 saturated heterocycles. The standard InChI is InChI=1S/C23H43N3O2S/c1-15-20(21(26-28-15)16-8-6-5-7-9-16)22-25-24-19(27-22)14-29-18-12-10-17(11-13-18)23(2,3)4/h15-22,24-26H,5-14H2,1-4H3. The Morgan fingerprint density at radius 3 is 2.34 bits per heavy atom. The van der Waals surface area contributed by atoms with Crippen molar-refractivity contribution in [3.05, 3.63) is 0 Å². The fraction of sp³-hybridized carbons (Fsp3) is 1.00. The van der Waals surface area contributed by atoms with Gasteiger partial charge < -0.3 is 4.74 Å². The number of thioether (sulfide) groups is 1. The molecule has 0 bridgehead atoms. The van der Waals surface area contributed by atoms with E-state index in [1.165, 1.54) is 57.8 Å². The van der Waals surface area contributed by atoms with Crippen LogP contribution < -0.4 is 16.3 Å². The maximum absolute atomic E-state index is 6.44. The lowest BCUT2D eigenvalue weighted by Crippen LogP contribution is -2.47. The quantitative estimate of drug-likeness (QED) is 0.599. The van der Waals surface area contributed by atoms with Gasteiger partial charge in [0, 0.05) is 23.0 Å². The number of hydrogen-bond donors (Lipinski definition) is 3. The van der Waals surface area contributed by atoms with Crippen molar-refractivity contribution in [3.63, 3.8) is 0 Å². The lowest BCUT2D eigenvalue weighted by atomic mass is 9.72. The van der Waals surface area contributed by atoms with Crippen molar-refractivity contribution < 1.29 is 9.57 Å². The van der Waals surface area contributed by atoms with Gasteiger partial charge in [0.2, 0.25) is 0 Å². The van der Waals surface area contributed by atoms with Crippen molar-refractivity contribution in [1.29, 1.82) is 0 Å². The third kappa shape index (κ3) is 5.50. The molecule has 2 heterocycles. The highest BCUT2D eigenvalue weighted by Crippen LogP contribution is 2.41. The summed E-state index contributed by atoms with van der Waals surface area (Å²) >= 11 is 2.11. The Balaban J connectivity index is 1.23. The van der Waals surface area contributed by atoms with Crippen molar-refractivity contribution in [1.82, 2.24) is 16.3 Å². The van der Waals surface area contributed by atoms with Gasteiger partial charge in [0.05, 0.1) is 6.10 Å². The molecule has 29 heavy (non-hydrogen) atoms. The highest BCUT2D eigenvalue weighted by atomic mass is 32.2. The number of hydrazine groups is 1. The van der Waals surface area contributed by atoms with Gasteiger partial charge in [-0.05, 0) is 62.7 Å². The number of rotatable bonds is 5. The van der Waals surface area contributed by atoms with Crippen LogP contribution in [0.25, 0.3) is 0 Å². The summed E-state index contributed by atoms with van der Waals surface area (Å²) in [6, 6.07) is 0.406. The molecule has 4 fully saturated rings. The van der Waals surface area contributed by atoms with Crippen LogP contribution >= 0.6 is 11.8 Å². The Morgan fingerprint density at radius 1 is 0.931 bits per heavy atom. The van der Waals surface area contributed by atoms with Crippen LogP contribution in [-0.2, 0) is 9.57 Å². The first kappa shape index (κ1) is 22.3. The van der Waals surface area contributed by atoms with Crippen LogP contribution in [0.5, 0.6) is 0 Å². The Hall–Kier alpha value is 0.150. The van der Waals surface area contributed by atoms with Crippen LogP contribution in [0.2, 0.25) is 0 Å². The second-order valence-electron chi connectivity index (χ2n) is 10.9. The molecule has 0 aromatic rings. The molecule has 0 amide bonds. The second kappa shape index (κ2) is 9.74. The zero-order valence-electron chi connectivity index (χ0n) is 18.9. The molecule has 168 valence electrons. The van der Waals surface area contributed by atoms with E-state index in [2.05, 4.69) is 55.8 Å². The number of nitrogens with one attached hydrogen (secondary N) is 3. The maximum atomic E-state index is 6.44. The van der Waals surface area contributed by atoms with Gasteiger partial charge in [-0.2, -0.15) is 17.2 Å². The van der Waals surface area contributed by atoms with E-state index in [9.17, 15) is 0 Å². The van der Waals surface area contributed by atoms with Crippen LogP contribution in [-0.4, -0.2) is 35.6 Å². The minimum absolute atomic E-state index is 0.0363. The first-order valence-electron chi connectivity index (χ1n) is 12.1. The maximum Gasteiger partial charge on any atom is 0.131 e. The summed E-state index contributed by atoms with van der Waals surface area (Å²) in [4.78, 5) is 5.87. The summed E-state index contributed by atoms with van der Waals surface area (Å²) in [5.41, 5.74) is 10.7. The smallest absolute Gasteiger partial charge is 0.131 e. The summed E-state index contributed by atoms with van der Waals surface area (Å²) in [5.74, 6) is 3.00. The molecule has 5 nitrogen and oxygen atoms in total. The van der Waals surface area contributed by atoms with Crippen LogP contribution in [0.15, 0.2) is 0 Å². The molecule has 0 radical (unpaired) electrons. The van der Waals surface area contributed by atoms with Gasteiger partial charge in [-0.25, -0.2) is 10.9 Å². The zero-order valence-corrected chi connectivity index (χ0v) is 19.7. The molecule has 0 aromatic carbocycles. The molecule has 2 saturated carbocycles. The van der Waals surface area contributed by atoms with Crippen molar-refractivity contribution >= 4 is 11.8 Å². The SMILES string of the molecule is CC1ONC(C2CCCCC2)C1C1NNC(CSC2CCC(C(C)(C)C)CC2)O1. The zero-order chi connectivity index (χ0) is 20.4. The Labute approximate surface area is 182 Å². The normalized spacial score (nSPS) is 42.4. The molecular weight excluding hydrogens is 382 g/mol. The van der Waals surface area contributed by atoms with Gasteiger partial charge >= 0.3 is 0 Å². The van der Waals surface area contributed by atoms with Crippen LogP contribution in [0, 0.1) is 23.2 Å². The monoisotopic (exact) mass is 425 g/mol. The molecule has 2 aliphatic carbocycles. The van der Waals surface area contributed by atoms with E-state index in [0.717, 1.165) is 22.8 Å². The molecule has 4 aliphatic rings. The van der Waals surface area contributed by atoms with E-state index < -0.39 is 0 Å². The van der Waals surface area contributed by atoms with Crippen molar-refractivity contribution in [2.24, 2.45) is 23.2 Å². The van der Waals surface area contributed by atoms with E-state index >= 15 is 0 Å². The number of ether oxygens (including phenoxy) is 1. The summed E-state index contributed by atoms with van der Waals surface area (Å²) in [5, 5.41) is 0.795. The molecule has 3 N–H and O–H groups in total. The first-order valence-corrected chi connectivity index (χ1v) is 13.2.